The Balaban J connectivity index is 1.65. The van der Waals surface area contributed by atoms with Gasteiger partial charge in [0.25, 0.3) is 21.9 Å². The highest BCUT2D eigenvalue weighted by Crippen LogP contribution is 2.28. The Labute approximate surface area is 231 Å². The van der Waals surface area contributed by atoms with Crippen LogP contribution in [0, 0.1) is 11.3 Å². The first-order valence-electron chi connectivity index (χ1n) is 12.6. The molecule has 1 aliphatic rings. The highest BCUT2D eigenvalue weighted by Gasteiger charge is 2.35. The van der Waals surface area contributed by atoms with Crippen molar-refractivity contribution in [3.8, 4) is 6.07 Å². The first-order chi connectivity index (χ1) is 19.1. The molecule has 1 unspecified atom stereocenters. The molecule has 1 fully saturated rings. The van der Waals surface area contributed by atoms with Gasteiger partial charge in [0.05, 0.1) is 23.8 Å². The van der Waals surface area contributed by atoms with Crippen molar-refractivity contribution < 1.29 is 31.7 Å². The minimum atomic E-state index is -4.66. The van der Waals surface area contributed by atoms with Gasteiger partial charge in [0, 0.05) is 32.6 Å². The molecule has 3 aromatic rings. The number of nitrogens with zero attached hydrogens (tertiary/aromatic N) is 3. The smallest absolute Gasteiger partial charge is 0.409 e. The molecule has 1 atom stereocenters. The average Bonchev–Trinajstić information content (AvgIpc) is 2.96. The minimum absolute atomic E-state index is 0.124. The van der Waals surface area contributed by atoms with Crippen LogP contribution in [0.15, 0.2) is 65.6 Å². The second-order valence-electron chi connectivity index (χ2n) is 9.09. The summed E-state index contributed by atoms with van der Waals surface area (Å²) in [5.41, 5.74) is 6.32. The van der Waals surface area contributed by atoms with Crippen molar-refractivity contribution >= 4 is 38.8 Å². The number of benzene rings is 3. The Morgan fingerprint density at radius 1 is 0.975 bits per heavy atom. The lowest BCUT2D eigenvalue weighted by Gasteiger charge is -2.35. The number of hydrogen-bond donors (Lipinski definition) is 1. The van der Waals surface area contributed by atoms with Gasteiger partial charge in [-0.3, -0.25) is 13.8 Å². The zero-order valence-corrected chi connectivity index (χ0v) is 22.6. The standard InChI is InChI=1S/C28H28N4O7S/c1-2-38-28(35)32-15-13-31(14-16-32)27(34)23(17-19-7-9-20(18-29)10-8-19)39-40(36,37)24-12-11-21-5-3-4-6-22(21)25(24)26(30)33/h3-12,23H,2,13-17H2,1H3,(H2,30,33). The van der Waals surface area contributed by atoms with Gasteiger partial charge in [0.15, 0.2) is 6.10 Å². The molecule has 12 heteroatoms. The predicted octanol–water partition coefficient (Wildman–Crippen LogP) is 2.43. The molecule has 0 bridgehead atoms. The van der Waals surface area contributed by atoms with Gasteiger partial charge in [-0.1, -0.05) is 42.5 Å². The van der Waals surface area contributed by atoms with Crippen molar-refractivity contribution in [2.24, 2.45) is 5.73 Å². The van der Waals surface area contributed by atoms with E-state index in [4.69, 9.17) is 19.9 Å². The summed E-state index contributed by atoms with van der Waals surface area (Å²) in [5, 5.41) is 10.0. The third kappa shape index (κ3) is 6.22. The largest absolute Gasteiger partial charge is 0.450 e. The molecule has 0 aliphatic carbocycles. The summed E-state index contributed by atoms with van der Waals surface area (Å²) in [6, 6.07) is 17.8. The Hall–Kier alpha value is -4.47. The molecule has 1 saturated heterocycles. The van der Waals surface area contributed by atoms with Crippen LogP contribution in [0.3, 0.4) is 0 Å². The van der Waals surface area contributed by atoms with Gasteiger partial charge >= 0.3 is 6.09 Å². The molecule has 4 rings (SSSR count). The van der Waals surface area contributed by atoms with Gasteiger partial charge in [0.1, 0.15) is 4.90 Å². The number of hydrogen-bond acceptors (Lipinski definition) is 8. The lowest BCUT2D eigenvalue weighted by molar-refractivity contribution is -0.140. The van der Waals surface area contributed by atoms with E-state index in [9.17, 15) is 22.8 Å². The normalized spacial score (nSPS) is 14.4. The number of ether oxygens (including phenoxy) is 1. The van der Waals surface area contributed by atoms with E-state index in [0.29, 0.717) is 21.9 Å². The SMILES string of the molecule is CCOC(=O)N1CCN(C(=O)C(Cc2ccc(C#N)cc2)OS(=O)(=O)c2ccc3ccccc3c2C(N)=O)CC1. The Bertz CT molecular complexity index is 1570. The first kappa shape index (κ1) is 28.5. The van der Waals surface area contributed by atoms with Gasteiger partial charge in [-0.2, -0.15) is 13.7 Å². The van der Waals surface area contributed by atoms with Crippen LogP contribution in [0.5, 0.6) is 0 Å². The summed E-state index contributed by atoms with van der Waals surface area (Å²) in [6.07, 6.45) is -2.10. The number of nitrogens with two attached hydrogens (primary N) is 1. The van der Waals surface area contributed by atoms with Gasteiger partial charge in [-0.05, 0) is 41.5 Å². The fourth-order valence-electron chi connectivity index (χ4n) is 4.54. The minimum Gasteiger partial charge on any atom is -0.450 e. The third-order valence-corrected chi connectivity index (χ3v) is 7.91. The topological polar surface area (TPSA) is 160 Å². The molecule has 2 N–H and O–H groups in total. The number of nitriles is 1. The van der Waals surface area contributed by atoms with E-state index >= 15 is 0 Å². The van der Waals surface area contributed by atoms with E-state index < -0.39 is 39.0 Å². The summed E-state index contributed by atoms with van der Waals surface area (Å²) in [5.74, 6) is -1.55. The molecular weight excluding hydrogens is 536 g/mol. The number of rotatable bonds is 8. The zero-order valence-electron chi connectivity index (χ0n) is 21.8. The molecule has 1 heterocycles. The molecule has 0 aromatic heterocycles. The van der Waals surface area contributed by atoms with Crippen LogP contribution in [-0.2, 0) is 30.3 Å². The van der Waals surface area contributed by atoms with Crippen molar-refractivity contribution in [2.75, 3.05) is 32.8 Å². The highest BCUT2D eigenvalue weighted by molar-refractivity contribution is 7.87. The number of carbonyl (C=O) groups is 3. The van der Waals surface area contributed by atoms with Crippen LogP contribution in [0.2, 0.25) is 0 Å². The maximum Gasteiger partial charge on any atom is 0.409 e. The van der Waals surface area contributed by atoms with E-state index in [0.717, 1.165) is 0 Å². The van der Waals surface area contributed by atoms with Gasteiger partial charge < -0.3 is 20.3 Å². The quantitative estimate of drug-likeness (QED) is 0.408. The van der Waals surface area contributed by atoms with E-state index in [1.54, 1.807) is 55.5 Å². The molecule has 0 spiro atoms. The Morgan fingerprint density at radius 3 is 2.25 bits per heavy atom. The second-order valence-corrected chi connectivity index (χ2v) is 10.6. The summed E-state index contributed by atoms with van der Waals surface area (Å²) in [7, 11) is -4.66. The summed E-state index contributed by atoms with van der Waals surface area (Å²) >= 11 is 0. The lowest BCUT2D eigenvalue weighted by atomic mass is 10.0. The van der Waals surface area contributed by atoms with E-state index in [2.05, 4.69) is 0 Å². The van der Waals surface area contributed by atoms with Crippen LogP contribution in [0.4, 0.5) is 4.79 Å². The van der Waals surface area contributed by atoms with E-state index in [1.165, 1.54) is 21.9 Å². The van der Waals surface area contributed by atoms with Crippen LogP contribution < -0.4 is 5.73 Å². The fraction of sp³-hybridized carbons (Fsp3) is 0.286. The molecule has 11 nitrogen and oxygen atoms in total. The second kappa shape index (κ2) is 12.1. The predicted molar refractivity (Wildman–Crippen MR) is 145 cm³/mol. The van der Waals surface area contributed by atoms with E-state index in [-0.39, 0.29) is 44.8 Å². The van der Waals surface area contributed by atoms with Crippen LogP contribution in [0.1, 0.15) is 28.4 Å². The molecule has 0 radical (unpaired) electrons. The number of amides is 3. The summed E-state index contributed by atoms with van der Waals surface area (Å²) < 4.78 is 37.8. The maximum atomic E-state index is 13.6. The number of primary amides is 1. The molecular formula is C28H28N4O7S. The summed E-state index contributed by atoms with van der Waals surface area (Å²) in [6.45, 7) is 2.62. The van der Waals surface area contributed by atoms with Crippen LogP contribution >= 0.6 is 0 Å². The van der Waals surface area contributed by atoms with Gasteiger partial charge in [0.2, 0.25) is 0 Å². The highest BCUT2D eigenvalue weighted by atomic mass is 32.2. The van der Waals surface area contributed by atoms with Crippen molar-refractivity contribution in [3.05, 3.63) is 77.4 Å². The number of carbonyl (C=O) groups excluding carboxylic acids is 3. The first-order valence-corrected chi connectivity index (χ1v) is 14.0. The van der Waals surface area contributed by atoms with Crippen LogP contribution in [-0.4, -0.2) is 75.0 Å². The molecule has 208 valence electrons. The van der Waals surface area contributed by atoms with Crippen molar-refractivity contribution in [1.29, 1.82) is 5.26 Å². The number of fused-ring (bicyclic) bond motifs is 1. The molecule has 0 saturated carbocycles. The lowest BCUT2D eigenvalue weighted by Crippen LogP contribution is -2.53. The average molecular weight is 565 g/mol. The molecule has 1 aliphatic heterocycles. The Morgan fingerprint density at radius 2 is 1.62 bits per heavy atom. The van der Waals surface area contributed by atoms with Gasteiger partial charge in [-0.25, -0.2) is 4.79 Å². The van der Waals surface area contributed by atoms with Crippen molar-refractivity contribution in [1.82, 2.24) is 9.80 Å². The Kier molecular flexibility index (Phi) is 8.67. The monoisotopic (exact) mass is 564 g/mol. The van der Waals surface area contributed by atoms with E-state index in [1.807, 2.05) is 6.07 Å². The van der Waals surface area contributed by atoms with Gasteiger partial charge in [-0.15, -0.1) is 0 Å². The van der Waals surface area contributed by atoms with Crippen LogP contribution in [0.25, 0.3) is 10.8 Å². The number of piperazine rings is 1. The molecule has 3 aromatic carbocycles. The molecule has 40 heavy (non-hydrogen) atoms. The fourth-order valence-corrected chi connectivity index (χ4v) is 5.79. The maximum absolute atomic E-state index is 13.6. The molecule has 3 amide bonds. The third-order valence-electron chi connectivity index (χ3n) is 6.55. The van der Waals surface area contributed by atoms with Crippen molar-refractivity contribution in [2.45, 2.75) is 24.3 Å². The summed E-state index contributed by atoms with van der Waals surface area (Å²) in [4.78, 5) is 40.5. The zero-order chi connectivity index (χ0) is 28.9. The van der Waals surface area contributed by atoms with Crippen molar-refractivity contribution in [3.63, 3.8) is 0 Å².